The first-order valence-electron chi connectivity index (χ1n) is 7.73. The fourth-order valence-corrected chi connectivity index (χ4v) is 2.33. The molecule has 134 valence electrons. The zero-order valence-electron chi connectivity index (χ0n) is 14.2. The highest BCUT2D eigenvalue weighted by atomic mass is 35.5. The van der Waals surface area contributed by atoms with Crippen molar-refractivity contribution in [3.63, 3.8) is 0 Å². The molecule has 0 spiro atoms. The van der Waals surface area contributed by atoms with Gasteiger partial charge < -0.3 is 18.6 Å². The van der Waals surface area contributed by atoms with Crippen LogP contribution >= 0.6 is 11.6 Å². The van der Waals surface area contributed by atoms with Gasteiger partial charge in [-0.1, -0.05) is 11.6 Å². The summed E-state index contributed by atoms with van der Waals surface area (Å²) in [4.78, 5) is 16.0. The van der Waals surface area contributed by atoms with Gasteiger partial charge in [0.1, 0.15) is 17.2 Å². The molecule has 1 aromatic heterocycles. The number of benzene rings is 2. The molecule has 0 aliphatic rings. The maximum absolute atomic E-state index is 11.7. The van der Waals surface area contributed by atoms with Gasteiger partial charge in [0, 0.05) is 10.6 Å². The second-order valence-corrected chi connectivity index (χ2v) is 5.73. The van der Waals surface area contributed by atoms with E-state index in [9.17, 15) is 4.79 Å². The van der Waals surface area contributed by atoms with Crippen molar-refractivity contribution < 1.29 is 23.4 Å². The third-order valence-corrected chi connectivity index (χ3v) is 3.81. The van der Waals surface area contributed by atoms with Crippen molar-refractivity contribution in [3.8, 4) is 28.9 Å². The van der Waals surface area contributed by atoms with E-state index in [1.807, 2.05) is 0 Å². The maximum atomic E-state index is 11.7. The first-order valence-corrected chi connectivity index (χ1v) is 8.11. The average Bonchev–Trinajstić information content (AvgIpc) is 3.05. The van der Waals surface area contributed by atoms with Crippen LogP contribution in [-0.2, 0) is 16.0 Å². The normalized spacial score (nSPS) is 10.4. The number of rotatable bonds is 6. The van der Waals surface area contributed by atoms with E-state index >= 15 is 0 Å². The van der Waals surface area contributed by atoms with Gasteiger partial charge in [-0.05, 0) is 48.5 Å². The first-order chi connectivity index (χ1) is 12.6. The van der Waals surface area contributed by atoms with Gasteiger partial charge in [0.15, 0.2) is 0 Å². The second kappa shape index (κ2) is 7.93. The van der Waals surface area contributed by atoms with Crippen LogP contribution in [0.1, 0.15) is 5.69 Å². The van der Waals surface area contributed by atoms with Crippen LogP contribution in [0.2, 0.25) is 5.02 Å². The smallest absolute Gasteiger partial charge is 0.315 e. The van der Waals surface area contributed by atoms with E-state index in [-0.39, 0.29) is 12.4 Å². The highest BCUT2D eigenvalue weighted by Gasteiger charge is 2.20. The second-order valence-electron chi connectivity index (χ2n) is 5.29. The number of halogens is 1. The lowest BCUT2D eigenvalue weighted by Crippen LogP contribution is -2.05. The van der Waals surface area contributed by atoms with Crippen LogP contribution < -0.4 is 9.47 Å². The molecule has 7 heteroatoms. The predicted octanol–water partition coefficient (Wildman–Crippen LogP) is 4.51. The quantitative estimate of drug-likeness (QED) is 0.592. The molecular formula is C19H16ClNO5. The number of nitrogens with zero attached hydrogens (tertiary/aromatic N) is 1. The Morgan fingerprint density at radius 2 is 1.69 bits per heavy atom. The Bertz CT molecular complexity index is 887. The largest absolute Gasteiger partial charge is 0.497 e. The molecule has 0 radical (unpaired) electrons. The minimum Gasteiger partial charge on any atom is -0.497 e. The molecule has 2 aromatic carbocycles. The summed E-state index contributed by atoms with van der Waals surface area (Å²) in [6.45, 7) is 0. The monoisotopic (exact) mass is 373 g/mol. The van der Waals surface area contributed by atoms with Crippen molar-refractivity contribution in [1.82, 2.24) is 4.98 Å². The third kappa shape index (κ3) is 4.15. The van der Waals surface area contributed by atoms with Crippen molar-refractivity contribution in [2.24, 2.45) is 0 Å². The summed E-state index contributed by atoms with van der Waals surface area (Å²) in [6.07, 6.45) is -0.0704. The molecule has 1 heterocycles. The molecule has 3 rings (SSSR count). The van der Waals surface area contributed by atoms with Crippen molar-refractivity contribution >= 4 is 17.6 Å². The number of oxazole rings is 1. The summed E-state index contributed by atoms with van der Waals surface area (Å²) in [5, 5.41) is 0.602. The minimum atomic E-state index is -0.444. The van der Waals surface area contributed by atoms with Gasteiger partial charge in [-0.25, -0.2) is 4.98 Å². The average molecular weight is 374 g/mol. The van der Waals surface area contributed by atoms with Gasteiger partial charge in [-0.15, -0.1) is 0 Å². The summed E-state index contributed by atoms with van der Waals surface area (Å²) < 4.78 is 21.3. The molecule has 6 nitrogen and oxygen atoms in total. The standard InChI is InChI=1S/C19H16ClNO5/c1-23-14-7-9-15(10-8-14)25-19-16(11-17(22)24-2)21-18(26-19)12-3-5-13(20)6-4-12/h3-10H,11H2,1-2H3. The number of hydrogen-bond donors (Lipinski definition) is 0. The molecule has 0 N–H and O–H groups in total. The van der Waals surface area contributed by atoms with Gasteiger partial charge in [0.2, 0.25) is 5.89 Å². The number of methoxy groups -OCH3 is 2. The highest BCUT2D eigenvalue weighted by molar-refractivity contribution is 6.30. The van der Waals surface area contributed by atoms with Crippen molar-refractivity contribution in [2.75, 3.05) is 14.2 Å². The van der Waals surface area contributed by atoms with Crippen molar-refractivity contribution in [1.29, 1.82) is 0 Å². The molecule has 3 aromatic rings. The molecule has 0 fully saturated rings. The SMILES string of the molecule is COC(=O)Cc1nc(-c2ccc(Cl)cc2)oc1Oc1ccc(OC)cc1. The Balaban J connectivity index is 1.92. The maximum Gasteiger partial charge on any atom is 0.315 e. The van der Waals surface area contributed by atoms with E-state index in [0.29, 0.717) is 33.7 Å². The van der Waals surface area contributed by atoms with Crippen LogP contribution in [-0.4, -0.2) is 25.2 Å². The van der Waals surface area contributed by atoms with Crippen LogP contribution in [0.25, 0.3) is 11.5 Å². The van der Waals surface area contributed by atoms with E-state index in [1.54, 1.807) is 55.6 Å². The van der Waals surface area contributed by atoms with Gasteiger partial charge >= 0.3 is 11.9 Å². The van der Waals surface area contributed by atoms with Gasteiger partial charge in [-0.3, -0.25) is 4.79 Å². The molecule has 0 saturated carbocycles. The van der Waals surface area contributed by atoms with Gasteiger partial charge in [0.05, 0.1) is 20.6 Å². The summed E-state index contributed by atoms with van der Waals surface area (Å²) in [7, 11) is 2.89. The third-order valence-electron chi connectivity index (χ3n) is 3.56. The van der Waals surface area contributed by atoms with E-state index in [2.05, 4.69) is 4.98 Å². The fraction of sp³-hybridized carbons (Fsp3) is 0.158. The molecular weight excluding hydrogens is 358 g/mol. The van der Waals surface area contributed by atoms with Crippen molar-refractivity contribution in [2.45, 2.75) is 6.42 Å². The van der Waals surface area contributed by atoms with Gasteiger partial charge in [0.25, 0.3) is 0 Å². The lowest BCUT2D eigenvalue weighted by molar-refractivity contribution is -0.139. The topological polar surface area (TPSA) is 70.8 Å². The summed E-state index contributed by atoms with van der Waals surface area (Å²) in [6, 6.07) is 14.0. The van der Waals surface area contributed by atoms with Crippen molar-refractivity contribution in [3.05, 3.63) is 59.2 Å². The molecule has 0 aliphatic carbocycles. The highest BCUT2D eigenvalue weighted by Crippen LogP contribution is 2.32. The Morgan fingerprint density at radius 3 is 2.31 bits per heavy atom. The Labute approximate surface area is 155 Å². The zero-order chi connectivity index (χ0) is 18.5. The van der Waals surface area contributed by atoms with E-state index in [1.165, 1.54) is 7.11 Å². The molecule has 0 amide bonds. The Kier molecular flexibility index (Phi) is 5.43. The molecule has 0 aliphatic heterocycles. The molecule has 0 atom stereocenters. The number of carbonyl (C=O) groups is 1. The molecule has 0 unspecified atom stereocenters. The van der Waals surface area contributed by atoms with Crippen LogP contribution in [0.5, 0.6) is 17.4 Å². The zero-order valence-corrected chi connectivity index (χ0v) is 14.9. The number of hydrogen-bond acceptors (Lipinski definition) is 6. The van der Waals surface area contributed by atoms with Gasteiger partial charge in [-0.2, -0.15) is 0 Å². The van der Waals surface area contributed by atoms with Crippen LogP contribution in [0.15, 0.2) is 52.9 Å². The Morgan fingerprint density at radius 1 is 1.04 bits per heavy atom. The number of ether oxygens (including phenoxy) is 3. The Hall–Kier alpha value is -2.99. The lowest BCUT2D eigenvalue weighted by atomic mass is 10.2. The van der Waals surface area contributed by atoms with E-state index in [4.69, 9.17) is 30.2 Å². The summed E-state index contributed by atoms with van der Waals surface area (Å²) in [5.74, 6) is 1.23. The van der Waals surface area contributed by atoms with Crippen LogP contribution in [0.4, 0.5) is 0 Å². The first kappa shape index (κ1) is 17.8. The van der Waals surface area contributed by atoms with Crippen LogP contribution in [0.3, 0.4) is 0 Å². The molecule has 0 bridgehead atoms. The minimum absolute atomic E-state index is 0.0704. The number of carbonyl (C=O) groups excluding carboxylic acids is 1. The lowest BCUT2D eigenvalue weighted by Gasteiger charge is -2.05. The van der Waals surface area contributed by atoms with E-state index < -0.39 is 5.97 Å². The number of esters is 1. The predicted molar refractivity (Wildman–Crippen MR) is 95.7 cm³/mol. The molecule has 26 heavy (non-hydrogen) atoms. The van der Waals surface area contributed by atoms with E-state index in [0.717, 1.165) is 0 Å². The summed E-state index contributed by atoms with van der Waals surface area (Å²) in [5.41, 5.74) is 1.06. The molecule has 0 saturated heterocycles. The fourth-order valence-electron chi connectivity index (χ4n) is 2.20. The summed E-state index contributed by atoms with van der Waals surface area (Å²) >= 11 is 5.91. The number of aromatic nitrogens is 1. The van der Waals surface area contributed by atoms with Crippen LogP contribution in [0, 0.1) is 0 Å².